The molecule has 1 aromatic carbocycles. The van der Waals surface area contributed by atoms with E-state index < -0.39 is 5.60 Å². The van der Waals surface area contributed by atoms with E-state index in [1.54, 1.807) is 29.6 Å². The van der Waals surface area contributed by atoms with E-state index >= 15 is 0 Å². The number of aliphatic hydroxyl groups is 1. The van der Waals surface area contributed by atoms with E-state index in [2.05, 4.69) is 15.0 Å². The Kier molecular flexibility index (Phi) is 5.12. The normalized spacial score (nSPS) is 16.0. The second-order valence-corrected chi connectivity index (χ2v) is 7.18. The summed E-state index contributed by atoms with van der Waals surface area (Å²) in [7, 11) is 0. The van der Waals surface area contributed by atoms with Gasteiger partial charge in [0.1, 0.15) is 5.69 Å². The molecule has 4 rings (SSSR count). The van der Waals surface area contributed by atoms with E-state index in [1.165, 1.54) is 0 Å². The molecule has 3 aromatic rings. The number of carbonyl (C=O) groups is 1. The van der Waals surface area contributed by atoms with Crippen LogP contribution in [0.3, 0.4) is 0 Å². The molecule has 1 amide bonds. The zero-order valence-corrected chi connectivity index (χ0v) is 15.5. The van der Waals surface area contributed by atoms with Gasteiger partial charge in [-0.25, -0.2) is 9.97 Å². The fourth-order valence-electron chi connectivity index (χ4n) is 3.55. The van der Waals surface area contributed by atoms with Crippen molar-refractivity contribution < 1.29 is 9.90 Å². The van der Waals surface area contributed by atoms with E-state index in [0.717, 1.165) is 11.1 Å². The average Bonchev–Trinajstić information content (AvgIpc) is 2.75. The summed E-state index contributed by atoms with van der Waals surface area (Å²) >= 11 is 0. The molecule has 28 heavy (non-hydrogen) atoms. The molecule has 0 bridgehead atoms. The molecule has 2 aromatic heterocycles. The predicted octanol–water partition coefficient (Wildman–Crippen LogP) is 2.75. The van der Waals surface area contributed by atoms with Crippen LogP contribution in [0, 0.1) is 0 Å². The molecule has 1 N–H and O–H groups in total. The Hall–Kier alpha value is -3.12. The summed E-state index contributed by atoms with van der Waals surface area (Å²) in [5, 5.41) is 10.9. The Balaban J connectivity index is 1.43. The van der Waals surface area contributed by atoms with Crippen molar-refractivity contribution >= 4 is 5.91 Å². The van der Waals surface area contributed by atoms with Gasteiger partial charge >= 0.3 is 0 Å². The minimum atomic E-state index is -0.793. The van der Waals surface area contributed by atoms with Crippen LogP contribution in [0.1, 0.15) is 28.9 Å². The molecule has 6 heteroatoms. The van der Waals surface area contributed by atoms with Crippen LogP contribution in [0.15, 0.2) is 67.1 Å². The number of piperidine rings is 1. The average molecular weight is 374 g/mol. The largest absolute Gasteiger partial charge is 0.389 e. The topological polar surface area (TPSA) is 79.2 Å². The maximum atomic E-state index is 12.9. The lowest BCUT2D eigenvalue weighted by atomic mass is 9.85. The van der Waals surface area contributed by atoms with Crippen LogP contribution in [-0.4, -0.2) is 49.6 Å². The fraction of sp³-hybridized carbons (Fsp3) is 0.273. The maximum absolute atomic E-state index is 12.9. The van der Waals surface area contributed by atoms with Crippen LogP contribution in [0.2, 0.25) is 0 Å². The van der Waals surface area contributed by atoms with Crippen molar-refractivity contribution in [1.29, 1.82) is 0 Å². The minimum Gasteiger partial charge on any atom is -0.389 e. The van der Waals surface area contributed by atoms with Crippen molar-refractivity contribution in [3.63, 3.8) is 0 Å². The summed E-state index contributed by atoms with van der Waals surface area (Å²) in [6.45, 7) is 1.01. The molecule has 0 radical (unpaired) electrons. The molecule has 142 valence electrons. The lowest BCUT2D eigenvalue weighted by Gasteiger charge is -2.38. The number of nitrogens with zero attached hydrogens (tertiary/aromatic N) is 4. The third kappa shape index (κ3) is 4.07. The number of likely N-dealkylation sites (tertiary alicyclic amines) is 1. The molecule has 1 saturated heterocycles. The Morgan fingerprint density at radius 3 is 2.43 bits per heavy atom. The highest BCUT2D eigenvalue weighted by molar-refractivity contribution is 5.92. The van der Waals surface area contributed by atoms with Crippen LogP contribution in [0.25, 0.3) is 11.4 Å². The van der Waals surface area contributed by atoms with E-state index in [-0.39, 0.29) is 5.91 Å². The van der Waals surface area contributed by atoms with E-state index in [0.29, 0.717) is 43.9 Å². The van der Waals surface area contributed by atoms with Gasteiger partial charge < -0.3 is 10.0 Å². The van der Waals surface area contributed by atoms with Gasteiger partial charge in [-0.1, -0.05) is 30.3 Å². The second kappa shape index (κ2) is 7.86. The first kappa shape index (κ1) is 18.3. The molecule has 1 fully saturated rings. The number of pyridine rings is 1. The van der Waals surface area contributed by atoms with Crippen molar-refractivity contribution in [3.8, 4) is 11.4 Å². The van der Waals surface area contributed by atoms with E-state index in [9.17, 15) is 9.90 Å². The first-order valence-corrected chi connectivity index (χ1v) is 9.42. The van der Waals surface area contributed by atoms with Crippen LogP contribution in [-0.2, 0) is 6.42 Å². The number of hydrogen-bond donors (Lipinski definition) is 1. The van der Waals surface area contributed by atoms with Gasteiger partial charge in [-0.15, -0.1) is 0 Å². The van der Waals surface area contributed by atoms with Gasteiger partial charge in [-0.05, 0) is 36.6 Å². The quantitative estimate of drug-likeness (QED) is 0.760. The number of benzene rings is 1. The molecular weight excluding hydrogens is 352 g/mol. The third-order valence-electron chi connectivity index (χ3n) is 5.17. The van der Waals surface area contributed by atoms with Gasteiger partial charge in [0.15, 0.2) is 5.82 Å². The van der Waals surface area contributed by atoms with Crippen LogP contribution < -0.4 is 0 Å². The Morgan fingerprint density at radius 2 is 1.71 bits per heavy atom. The van der Waals surface area contributed by atoms with Crippen molar-refractivity contribution in [3.05, 3.63) is 78.4 Å². The standard InChI is InChI=1S/C22H22N4O2/c27-21(19-8-13-24-20(25-19)18-4-2-1-3-5-18)26-14-9-22(28,10-15-26)16-17-6-11-23-12-7-17/h1-8,11-13,28H,9-10,14-16H2. The molecule has 0 saturated carbocycles. The fourth-order valence-corrected chi connectivity index (χ4v) is 3.55. The maximum Gasteiger partial charge on any atom is 0.272 e. The van der Waals surface area contributed by atoms with Crippen LogP contribution in [0.5, 0.6) is 0 Å². The minimum absolute atomic E-state index is 0.120. The van der Waals surface area contributed by atoms with E-state index in [4.69, 9.17) is 0 Å². The van der Waals surface area contributed by atoms with Gasteiger partial charge in [-0.3, -0.25) is 9.78 Å². The zero-order chi connectivity index (χ0) is 19.4. The highest BCUT2D eigenvalue weighted by Gasteiger charge is 2.34. The number of amides is 1. The first-order valence-electron chi connectivity index (χ1n) is 9.42. The second-order valence-electron chi connectivity index (χ2n) is 7.18. The zero-order valence-electron chi connectivity index (χ0n) is 15.5. The van der Waals surface area contributed by atoms with Crippen molar-refractivity contribution in [2.75, 3.05) is 13.1 Å². The molecule has 0 atom stereocenters. The van der Waals surface area contributed by atoms with Gasteiger partial charge in [0.05, 0.1) is 5.60 Å². The van der Waals surface area contributed by atoms with Gasteiger partial charge in [0, 0.05) is 43.7 Å². The highest BCUT2D eigenvalue weighted by Crippen LogP contribution is 2.27. The summed E-state index contributed by atoms with van der Waals surface area (Å²) in [5.41, 5.74) is 1.52. The number of aromatic nitrogens is 3. The van der Waals surface area contributed by atoms with Gasteiger partial charge in [0.2, 0.25) is 0 Å². The number of hydrogen-bond acceptors (Lipinski definition) is 5. The Morgan fingerprint density at radius 1 is 1.00 bits per heavy atom. The Bertz CT molecular complexity index is 939. The van der Waals surface area contributed by atoms with Crippen LogP contribution in [0.4, 0.5) is 0 Å². The Labute approximate surface area is 163 Å². The van der Waals surface area contributed by atoms with Gasteiger partial charge in [0.25, 0.3) is 5.91 Å². The van der Waals surface area contributed by atoms with Crippen LogP contribution >= 0.6 is 0 Å². The number of rotatable bonds is 4. The molecule has 1 aliphatic rings. The SMILES string of the molecule is O=C(c1ccnc(-c2ccccc2)n1)N1CCC(O)(Cc2ccncc2)CC1. The monoisotopic (exact) mass is 374 g/mol. The van der Waals surface area contributed by atoms with Crippen molar-refractivity contribution in [1.82, 2.24) is 19.9 Å². The van der Waals surface area contributed by atoms with Crippen molar-refractivity contribution in [2.24, 2.45) is 0 Å². The summed E-state index contributed by atoms with van der Waals surface area (Å²) < 4.78 is 0. The molecule has 0 unspecified atom stereocenters. The third-order valence-corrected chi connectivity index (χ3v) is 5.17. The highest BCUT2D eigenvalue weighted by atomic mass is 16.3. The summed E-state index contributed by atoms with van der Waals surface area (Å²) in [5.74, 6) is 0.420. The molecule has 0 spiro atoms. The molecular formula is C22H22N4O2. The van der Waals surface area contributed by atoms with E-state index in [1.807, 2.05) is 42.5 Å². The molecule has 3 heterocycles. The summed E-state index contributed by atoms with van der Waals surface area (Å²) in [6, 6.07) is 15.1. The lowest BCUT2D eigenvalue weighted by Crippen LogP contribution is -2.47. The molecule has 1 aliphatic heterocycles. The number of carbonyl (C=O) groups excluding carboxylic acids is 1. The molecule has 0 aliphatic carbocycles. The predicted molar refractivity (Wildman–Crippen MR) is 105 cm³/mol. The summed E-state index contributed by atoms with van der Waals surface area (Å²) in [4.78, 5) is 27.4. The van der Waals surface area contributed by atoms with Gasteiger partial charge in [-0.2, -0.15) is 0 Å². The smallest absolute Gasteiger partial charge is 0.272 e. The first-order chi connectivity index (χ1) is 13.6. The van der Waals surface area contributed by atoms with Crippen molar-refractivity contribution in [2.45, 2.75) is 24.9 Å². The summed E-state index contributed by atoms with van der Waals surface area (Å²) in [6.07, 6.45) is 6.73. The molecule has 6 nitrogen and oxygen atoms in total. The lowest BCUT2D eigenvalue weighted by molar-refractivity contribution is -0.0163.